The van der Waals surface area contributed by atoms with E-state index in [9.17, 15) is 4.39 Å². The van der Waals surface area contributed by atoms with E-state index in [4.69, 9.17) is 4.74 Å². The molecule has 0 radical (unpaired) electrons. The van der Waals surface area contributed by atoms with E-state index in [2.05, 4.69) is 20.9 Å². The highest BCUT2D eigenvalue weighted by Gasteiger charge is 2.12. The van der Waals surface area contributed by atoms with E-state index in [-0.39, 0.29) is 11.6 Å². The number of ether oxygens (including phenoxy) is 1. The van der Waals surface area contributed by atoms with Gasteiger partial charge in [0.25, 0.3) is 0 Å². The first-order chi connectivity index (χ1) is 9.79. The minimum Gasteiger partial charge on any atom is -0.452 e. The number of rotatable bonds is 3. The fourth-order valence-corrected chi connectivity index (χ4v) is 2.48. The van der Waals surface area contributed by atoms with Gasteiger partial charge < -0.3 is 4.74 Å². The lowest BCUT2D eigenvalue weighted by molar-refractivity contribution is 0.442. The van der Waals surface area contributed by atoms with Crippen molar-refractivity contribution in [1.82, 2.24) is 4.98 Å². The number of fused-ring (bicyclic) bond motifs is 1. The molecule has 20 heavy (non-hydrogen) atoms. The quantitative estimate of drug-likeness (QED) is 0.626. The Morgan fingerprint density at radius 1 is 1.05 bits per heavy atom. The first-order valence-corrected chi connectivity index (χ1v) is 7.26. The number of para-hydroxylation sites is 2. The van der Waals surface area contributed by atoms with E-state index in [0.717, 1.165) is 16.5 Å². The summed E-state index contributed by atoms with van der Waals surface area (Å²) in [5, 5.41) is 1.49. The Morgan fingerprint density at radius 2 is 1.85 bits per heavy atom. The Kier molecular flexibility index (Phi) is 3.65. The molecule has 0 aliphatic heterocycles. The van der Waals surface area contributed by atoms with Gasteiger partial charge in [-0.05, 0) is 18.2 Å². The van der Waals surface area contributed by atoms with Crippen LogP contribution < -0.4 is 4.74 Å². The maximum Gasteiger partial charge on any atom is 0.167 e. The molecule has 0 fully saturated rings. The zero-order chi connectivity index (χ0) is 13.9. The smallest absolute Gasteiger partial charge is 0.167 e. The van der Waals surface area contributed by atoms with Crippen molar-refractivity contribution in [3.8, 4) is 11.5 Å². The number of benzene rings is 2. The van der Waals surface area contributed by atoms with Crippen molar-refractivity contribution in [2.24, 2.45) is 0 Å². The summed E-state index contributed by atoms with van der Waals surface area (Å²) in [4.78, 5) is 4.30. The average molecular weight is 332 g/mol. The highest BCUT2D eigenvalue weighted by molar-refractivity contribution is 9.08. The first-order valence-electron chi connectivity index (χ1n) is 6.14. The SMILES string of the molecule is Fc1cccc(CBr)c1Oc1cccc2cccnc12. The molecule has 0 aliphatic rings. The molecule has 4 heteroatoms. The second-order valence-corrected chi connectivity index (χ2v) is 4.86. The van der Waals surface area contributed by atoms with Gasteiger partial charge >= 0.3 is 0 Å². The molecule has 0 saturated heterocycles. The minimum atomic E-state index is -0.380. The summed E-state index contributed by atoms with van der Waals surface area (Å²) in [6, 6.07) is 14.3. The number of pyridine rings is 1. The average Bonchev–Trinajstić information content (AvgIpc) is 2.49. The number of halogens is 2. The lowest BCUT2D eigenvalue weighted by Crippen LogP contribution is -1.94. The Hall–Kier alpha value is -1.94. The molecule has 1 aromatic heterocycles. The van der Waals surface area contributed by atoms with Crippen molar-refractivity contribution in [2.75, 3.05) is 0 Å². The fourth-order valence-electron chi connectivity index (χ4n) is 2.04. The van der Waals surface area contributed by atoms with Gasteiger partial charge in [-0.1, -0.05) is 46.3 Å². The van der Waals surface area contributed by atoms with Crippen molar-refractivity contribution >= 4 is 26.8 Å². The topological polar surface area (TPSA) is 22.1 Å². The predicted molar refractivity (Wildman–Crippen MR) is 80.8 cm³/mol. The van der Waals surface area contributed by atoms with Crippen LogP contribution >= 0.6 is 15.9 Å². The van der Waals surface area contributed by atoms with Crippen LogP contribution in [0.5, 0.6) is 11.5 Å². The first kappa shape index (κ1) is 13.1. The predicted octanol–water partition coefficient (Wildman–Crippen LogP) is 5.06. The fraction of sp³-hybridized carbons (Fsp3) is 0.0625. The van der Waals surface area contributed by atoms with Crippen LogP contribution in [-0.4, -0.2) is 4.98 Å². The van der Waals surface area contributed by atoms with Crippen LogP contribution in [0.1, 0.15) is 5.56 Å². The molecule has 0 saturated carbocycles. The van der Waals surface area contributed by atoms with Crippen molar-refractivity contribution in [2.45, 2.75) is 5.33 Å². The van der Waals surface area contributed by atoms with E-state index >= 15 is 0 Å². The summed E-state index contributed by atoms with van der Waals surface area (Å²) in [5.41, 5.74) is 1.48. The van der Waals surface area contributed by atoms with Crippen molar-refractivity contribution < 1.29 is 9.13 Å². The standard InChI is InChI=1S/C16H11BrFNO/c17-10-12-5-1-7-13(18)16(12)20-14-8-2-4-11-6-3-9-19-15(11)14/h1-9H,10H2. The molecular formula is C16H11BrFNO. The maximum atomic E-state index is 14.0. The van der Waals surface area contributed by atoms with Crippen LogP contribution in [0, 0.1) is 5.82 Å². The van der Waals surface area contributed by atoms with Crippen LogP contribution in [0.4, 0.5) is 4.39 Å². The number of alkyl halides is 1. The zero-order valence-electron chi connectivity index (χ0n) is 10.5. The molecule has 0 atom stereocenters. The van der Waals surface area contributed by atoms with Crippen molar-refractivity contribution in [3.63, 3.8) is 0 Å². The third-order valence-corrected chi connectivity index (χ3v) is 3.60. The summed E-state index contributed by atoms with van der Waals surface area (Å²) in [7, 11) is 0. The monoisotopic (exact) mass is 331 g/mol. The van der Waals surface area contributed by atoms with Gasteiger partial charge in [0.05, 0.1) is 0 Å². The normalized spacial score (nSPS) is 10.7. The Morgan fingerprint density at radius 3 is 2.70 bits per heavy atom. The molecule has 0 spiro atoms. The van der Waals surface area contributed by atoms with E-state index in [1.165, 1.54) is 6.07 Å². The number of aromatic nitrogens is 1. The van der Waals surface area contributed by atoms with Gasteiger partial charge in [0.2, 0.25) is 0 Å². The Bertz CT molecular complexity index is 755. The molecule has 2 aromatic carbocycles. The summed E-state index contributed by atoms with van der Waals surface area (Å²) < 4.78 is 19.7. The molecule has 0 bridgehead atoms. The van der Waals surface area contributed by atoms with Crippen LogP contribution in [0.3, 0.4) is 0 Å². The highest BCUT2D eigenvalue weighted by atomic mass is 79.9. The second kappa shape index (κ2) is 5.59. The molecule has 0 N–H and O–H groups in total. The Balaban J connectivity index is 2.10. The largest absolute Gasteiger partial charge is 0.452 e. The molecule has 0 amide bonds. The summed E-state index contributed by atoms with van der Waals surface area (Å²) in [5.74, 6) is 0.410. The molecular weight excluding hydrogens is 321 g/mol. The van der Waals surface area contributed by atoms with Crippen LogP contribution in [0.25, 0.3) is 10.9 Å². The Labute approximate surface area is 124 Å². The van der Waals surface area contributed by atoms with Crippen molar-refractivity contribution in [1.29, 1.82) is 0 Å². The number of hydrogen-bond acceptors (Lipinski definition) is 2. The van der Waals surface area contributed by atoms with Gasteiger partial charge in [0, 0.05) is 22.5 Å². The van der Waals surface area contributed by atoms with Gasteiger partial charge in [-0.25, -0.2) is 4.39 Å². The van der Waals surface area contributed by atoms with Gasteiger partial charge in [0.1, 0.15) is 5.52 Å². The molecule has 0 aliphatic carbocycles. The van der Waals surface area contributed by atoms with Gasteiger partial charge in [0.15, 0.2) is 17.3 Å². The maximum absolute atomic E-state index is 14.0. The molecule has 2 nitrogen and oxygen atoms in total. The third kappa shape index (κ3) is 2.39. The minimum absolute atomic E-state index is 0.238. The highest BCUT2D eigenvalue weighted by Crippen LogP contribution is 2.33. The zero-order valence-corrected chi connectivity index (χ0v) is 12.1. The van der Waals surface area contributed by atoms with Crippen LogP contribution in [-0.2, 0) is 5.33 Å². The van der Waals surface area contributed by atoms with Gasteiger partial charge in [-0.3, -0.25) is 4.98 Å². The summed E-state index contributed by atoms with van der Waals surface area (Å²) in [6.45, 7) is 0. The van der Waals surface area contributed by atoms with E-state index in [1.807, 2.05) is 30.3 Å². The van der Waals surface area contributed by atoms with Crippen LogP contribution in [0.2, 0.25) is 0 Å². The molecule has 1 heterocycles. The lowest BCUT2D eigenvalue weighted by atomic mass is 10.2. The van der Waals surface area contributed by atoms with Gasteiger partial charge in [-0.2, -0.15) is 0 Å². The lowest BCUT2D eigenvalue weighted by Gasteiger charge is -2.12. The number of nitrogens with zero attached hydrogens (tertiary/aromatic N) is 1. The number of hydrogen-bond donors (Lipinski definition) is 0. The van der Waals surface area contributed by atoms with E-state index in [0.29, 0.717) is 11.1 Å². The molecule has 3 aromatic rings. The van der Waals surface area contributed by atoms with E-state index < -0.39 is 0 Å². The van der Waals surface area contributed by atoms with Gasteiger partial charge in [-0.15, -0.1) is 0 Å². The third-order valence-electron chi connectivity index (χ3n) is 3.00. The van der Waals surface area contributed by atoms with E-state index in [1.54, 1.807) is 18.3 Å². The second-order valence-electron chi connectivity index (χ2n) is 4.30. The van der Waals surface area contributed by atoms with Crippen molar-refractivity contribution in [3.05, 3.63) is 66.1 Å². The summed E-state index contributed by atoms with van der Waals surface area (Å²) in [6.07, 6.45) is 1.70. The molecule has 100 valence electrons. The van der Waals surface area contributed by atoms with Crippen LogP contribution in [0.15, 0.2) is 54.7 Å². The summed E-state index contributed by atoms with van der Waals surface area (Å²) >= 11 is 3.34. The molecule has 3 rings (SSSR count). The molecule has 0 unspecified atom stereocenters.